The van der Waals surface area contributed by atoms with Gasteiger partial charge in [0, 0.05) is 19.8 Å². The number of amides is 1. The van der Waals surface area contributed by atoms with Gasteiger partial charge in [0.25, 0.3) is 5.91 Å². The predicted octanol–water partition coefficient (Wildman–Crippen LogP) is 2.24. The SMILES string of the molecule is CCc1nn(C)cc1C(=O)NCC(O)c1ccc(Cl)c(F)c1. The topological polar surface area (TPSA) is 67.2 Å². The zero-order valence-corrected chi connectivity index (χ0v) is 13.1. The fourth-order valence-electron chi connectivity index (χ4n) is 2.11. The van der Waals surface area contributed by atoms with Crippen molar-refractivity contribution in [3.05, 3.63) is 52.1 Å². The van der Waals surface area contributed by atoms with Gasteiger partial charge < -0.3 is 10.4 Å². The van der Waals surface area contributed by atoms with E-state index >= 15 is 0 Å². The van der Waals surface area contributed by atoms with Crippen molar-refractivity contribution in [2.75, 3.05) is 6.54 Å². The molecular formula is C15H17ClFN3O2. The average molecular weight is 326 g/mol. The van der Waals surface area contributed by atoms with Crippen molar-refractivity contribution in [3.8, 4) is 0 Å². The van der Waals surface area contributed by atoms with Crippen LogP contribution in [0.25, 0.3) is 0 Å². The summed E-state index contributed by atoms with van der Waals surface area (Å²) < 4.78 is 14.9. The van der Waals surface area contributed by atoms with E-state index in [-0.39, 0.29) is 17.5 Å². The molecule has 5 nitrogen and oxygen atoms in total. The Kier molecular flexibility index (Phi) is 5.15. The lowest BCUT2D eigenvalue weighted by molar-refractivity contribution is 0.0915. The molecule has 0 aliphatic rings. The van der Waals surface area contributed by atoms with Gasteiger partial charge in [0.2, 0.25) is 0 Å². The smallest absolute Gasteiger partial charge is 0.254 e. The van der Waals surface area contributed by atoms with E-state index in [1.165, 1.54) is 12.1 Å². The zero-order valence-electron chi connectivity index (χ0n) is 12.3. The summed E-state index contributed by atoms with van der Waals surface area (Å²) in [4.78, 5) is 12.1. The first-order valence-electron chi connectivity index (χ1n) is 6.86. The molecule has 22 heavy (non-hydrogen) atoms. The zero-order chi connectivity index (χ0) is 16.3. The Labute approximate surface area is 132 Å². The Morgan fingerprint density at radius 2 is 2.27 bits per heavy atom. The molecular weight excluding hydrogens is 309 g/mol. The lowest BCUT2D eigenvalue weighted by Crippen LogP contribution is -2.28. The number of aliphatic hydroxyl groups is 1. The largest absolute Gasteiger partial charge is 0.387 e. The van der Waals surface area contributed by atoms with Crippen molar-refractivity contribution in [2.45, 2.75) is 19.4 Å². The van der Waals surface area contributed by atoms with Crippen LogP contribution in [0.2, 0.25) is 5.02 Å². The molecule has 1 atom stereocenters. The molecule has 1 aromatic carbocycles. The summed E-state index contributed by atoms with van der Waals surface area (Å²) >= 11 is 5.59. The van der Waals surface area contributed by atoms with E-state index in [4.69, 9.17) is 11.6 Å². The van der Waals surface area contributed by atoms with Crippen molar-refractivity contribution in [1.82, 2.24) is 15.1 Å². The number of carbonyl (C=O) groups is 1. The summed E-state index contributed by atoms with van der Waals surface area (Å²) in [5.74, 6) is -0.927. The molecule has 0 fully saturated rings. The van der Waals surface area contributed by atoms with E-state index < -0.39 is 11.9 Å². The van der Waals surface area contributed by atoms with Gasteiger partial charge >= 0.3 is 0 Å². The molecule has 1 aromatic heterocycles. The van der Waals surface area contributed by atoms with Crippen LogP contribution in [0, 0.1) is 5.82 Å². The summed E-state index contributed by atoms with van der Waals surface area (Å²) in [5, 5.41) is 16.8. The van der Waals surface area contributed by atoms with Gasteiger partial charge in [0.05, 0.1) is 22.4 Å². The number of aryl methyl sites for hydroxylation is 2. The molecule has 118 valence electrons. The molecule has 7 heteroatoms. The van der Waals surface area contributed by atoms with Crippen molar-refractivity contribution < 1.29 is 14.3 Å². The number of carbonyl (C=O) groups excluding carboxylic acids is 1. The molecule has 0 aliphatic heterocycles. The summed E-state index contributed by atoms with van der Waals surface area (Å²) in [6.07, 6.45) is 1.24. The van der Waals surface area contributed by atoms with Crippen molar-refractivity contribution in [1.29, 1.82) is 0 Å². The Morgan fingerprint density at radius 1 is 1.55 bits per heavy atom. The molecule has 2 N–H and O–H groups in total. The normalized spacial score (nSPS) is 12.2. The quantitative estimate of drug-likeness (QED) is 0.886. The van der Waals surface area contributed by atoms with Gasteiger partial charge in [-0.25, -0.2) is 4.39 Å². The van der Waals surface area contributed by atoms with Gasteiger partial charge in [-0.2, -0.15) is 5.10 Å². The van der Waals surface area contributed by atoms with Crippen LogP contribution >= 0.6 is 11.6 Å². The van der Waals surface area contributed by atoms with Gasteiger partial charge in [-0.05, 0) is 24.1 Å². The van der Waals surface area contributed by atoms with Gasteiger partial charge in [-0.15, -0.1) is 0 Å². The number of nitrogens with one attached hydrogen (secondary N) is 1. The maximum atomic E-state index is 13.4. The van der Waals surface area contributed by atoms with Crippen LogP contribution < -0.4 is 5.32 Å². The van der Waals surface area contributed by atoms with Crippen LogP contribution in [0.5, 0.6) is 0 Å². The van der Waals surface area contributed by atoms with E-state index in [1.807, 2.05) is 6.92 Å². The highest BCUT2D eigenvalue weighted by Crippen LogP contribution is 2.20. The summed E-state index contributed by atoms with van der Waals surface area (Å²) in [6, 6.07) is 4.04. The number of nitrogens with zero attached hydrogens (tertiary/aromatic N) is 2. The molecule has 0 saturated carbocycles. The maximum absolute atomic E-state index is 13.4. The monoisotopic (exact) mass is 325 g/mol. The third kappa shape index (κ3) is 3.64. The summed E-state index contributed by atoms with van der Waals surface area (Å²) in [5.41, 5.74) is 1.51. The molecule has 1 heterocycles. The van der Waals surface area contributed by atoms with Crippen LogP contribution in [0.1, 0.15) is 34.6 Å². The standard InChI is InChI=1S/C15H17ClFN3O2/c1-3-13-10(8-20(2)19-13)15(22)18-7-14(21)9-4-5-11(16)12(17)6-9/h4-6,8,14,21H,3,7H2,1-2H3,(H,18,22). The molecule has 0 radical (unpaired) electrons. The second-order valence-corrected chi connectivity index (χ2v) is 5.32. The number of aliphatic hydroxyl groups excluding tert-OH is 1. The number of rotatable bonds is 5. The molecule has 0 aliphatic carbocycles. The van der Waals surface area contributed by atoms with Crippen molar-refractivity contribution in [2.24, 2.45) is 7.05 Å². The first-order chi connectivity index (χ1) is 10.4. The van der Waals surface area contributed by atoms with Gasteiger partial charge in [-0.3, -0.25) is 9.48 Å². The Bertz CT molecular complexity index is 687. The van der Waals surface area contributed by atoms with Crippen molar-refractivity contribution >= 4 is 17.5 Å². The minimum Gasteiger partial charge on any atom is -0.387 e. The molecule has 2 aromatic rings. The molecule has 0 saturated heterocycles. The predicted molar refractivity (Wildman–Crippen MR) is 81.3 cm³/mol. The van der Waals surface area contributed by atoms with Crippen LogP contribution in [0.15, 0.2) is 24.4 Å². The van der Waals surface area contributed by atoms with Gasteiger partial charge in [0.1, 0.15) is 5.82 Å². The second kappa shape index (κ2) is 6.89. The van der Waals surface area contributed by atoms with Gasteiger partial charge in [0.15, 0.2) is 0 Å². The van der Waals surface area contributed by atoms with E-state index in [2.05, 4.69) is 10.4 Å². The highest BCUT2D eigenvalue weighted by atomic mass is 35.5. The fraction of sp³-hybridized carbons (Fsp3) is 0.333. The highest BCUT2D eigenvalue weighted by molar-refractivity contribution is 6.30. The van der Waals surface area contributed by atoms with Crippen molar-refractivity contribution in [3.63, 3.8) is 0 Å². The number of halogens is 2. The lowest BCUT2D eigenvalue weighted by atomic mass is 10.1. The number of hydrogen-bond acceptors (Lipinski definition) is 3. The molecule has 1 unspecified atom stereocenters. The van der Waals surface area contributed by atoms with E-state index in [1.54, 1.807) is 17.9 Å². The van der Waals surface area contributed by atoms with Gasteiger partial charge in [-0.1, -0.05) is 24.6 Å². The van der Waals surface area contributed by atoms with Crippen LogP contribution in [-0.2, 0) is 13.5 Å². The molecule has 0 bridgehead atoms. The van der Waals surface area contributed by atoms with Crippen LogP contribution in [0.3, 0.4) is 0 Å². The van der Waals surface area contributed by atoms with Crippen LogP contribution in [-0.4, -0.2) is 27.3 Å². The van der Waals surface area contributed by atoms with E-state index in [0.29, 0.717) is 23.2 Å². The summed E-state index contributed by atoms with van der Waals surface area (Å²) in [6.45, 7) is 1.88. The third-order valence-electron chi connectivity index (χ3n) is 3.27. The number of benzene rings is 1. The van der Waals surface area contributed by atoms with E-state index in [0.717, 1.165) is 6.07 Å². The molecule has 0 spiro atoms. The minimum absolute atomic E-state index is 0.0112. The Hall–Kier alpha value is -1.92. The first kappa shape index (κ1) is 16.5. The molecule has 1 amide bonds. The Balaban J connectivity index is 2.02. The first-order valence-corrected chi connectivity index (χ1v) is 7.24. The number of hydrogen-bond donors (Lipinski definition) is 2. The van der Waals surface area contributed by atoms with E-state index in [9.17, 15) is 14.3 Å². The van der Waals surface area contributed by atoms with Crippen LogP contribution in [0.4, 0.5) is 4.39 Å². The lowest BCUT2D eigenvalue weighted by Gasteiger charge is -2.12. The third-order valence-corrected chi connectivity index (χ3v) is 3.58. The average Bonchev–Trinajstić information content (AvgIpc) is 2.88. The minimum atomic E-state index is -1.02. The second-order valence-electron chi connectivity index (χ2n) is 4.92. The highest BCUT2D eigenvalue weighted by Gasteiger charge is 2.16. The Morgan fingerprint density at radius 3 is 2.91 bits per heavy atom. The summed E-state index contributed by atoms with van der Waals surface area (Å²) in [7, 11) is 1.74. The maximum Gasteiger partial charge on any atom is 0.254 e. The molecule has 2 rings (SSSR count). The fourth-order valence-corrected chi connectivity index (χ4v) is 2.22. The number of aromatic nitrogens is 2.